The second-order valence-electron chi connectivity index (χ2n) is 23.9. The van der Waals surface area contributed by atoms with Crippen LogP contribution in [-0.2, 0) is 32.1 Å². The molecular formula is C67H63N15O18. The molecule has 8 bridgehead atoms. The third kappa shape index (κ3) is 19.2. The Bertz CT molecular complexity index is 4560. The number of rotatable bonds is 15. The lowest BCUT2D eigenvalue weighted by Gasteiger charge is -2.17. The van der Waals surface area contributed by atoms with Crippen LogP contribution in [0.4, 0.5) is 85.3 Å². The van der Waals surface area contributed by atoms with Crippen molar-refractivity contribution < 1.29 is 54.9 Å². The first-order valence-corrected chi connectivity index (χ1v) is 31.5. The molecule has 8 aromatic carbocycles. The van der Waals surface area contributed by atoms with Gasteiger partial charge in [0.05, 0.1) is 98.2 Å². The van der Waals surface area contributed by atoms with E-state index < -0.39 is 86.5 Å². The number of non-ortho nitro benzene ring substituents is 7. The van der Waals surface area contributed by atoms with E-state index in [1.807, 2.05) is 0 Å². The molecule has 8 aromatic rings. The van der Waals surface area contributed by atoms with Crippen molar-refractivity contribution in [2.24, 2.45) is 46.8 Å². The number of hydrogen-bond acceptors (Lipinski definition) is 26. The Morgan fingerprint density at radius 3 is 0.780 bits per heavy atom. The smallest absolute Gasteiger partial charge is 0.278 e. The van der Waals surface area contributed by atoms with Crippen LogP contribution in [0.2, 0.25) is 0 Å². The first kappa shape index (κ1) is 71.5. The first-order valence-electron chi connectivity index (χ1n) is 31.5. The third-order valence-electron chi connectivity index (χ3n) is 16.5. The van der Waals surface area contributed by atoms with E-state index in [2.05, 4.69) is 47.8 Å². The average molecular weight is 1370 g/mol. The molecule has 1 atom stereocenters. The molecule has 33 nitrogen and oxygen atoms in total. The van der Waals surface area contributed by atoms with Gasteiger partial charge in [0.1, 0.15) is 23.0 Å². The molecule has 9 rings (SSSR count). The van der Waals surface area contributed by atoms with E-state index in [9.17, 15) is 91.2 Å². The maximum Gasteiger partial charge on any atom is 0.278 e. The highest BCUT2D eigenvalue weighted by atomic mass is 16.7. The summed E-state index contributed by atoms with van der Waals surface area (Å²) < 4.78 is 0. The number of azo groups is 4. The predicted molar refractivity (Wildman–Crippen MR) is 362 cm³/mol. The number of phenolic OH excluding ortho intramolecular Hbond substituents is 4. The number of aryl methyl sites for hydroxylation is 2. The number of benzene rings is 8. The van der Waals surface area contributed by atoms with Gasteiger partial charge in [-0.25, -0.2) is 0 Å². The number of nitrogens with zero attached hydrogens (tertiary/aromatic N) is 15. The zero-order valence-corrected chi connectivity index (χ0v) is 53.4. The highest BCUT2D eigenvalue weighted by Crippen LogP contribution is 2.43. The van der Waals surface area contributed by atoms with Gasteiger partial charge >= 0.3 is 0 Å². The molecule has 0 saturated heterocycles. The van der Waals surface area contributed by atoms with Gasteiger partial charge in [-0.3, -0.25) is 70.8 Å². The van der Waals surface area contributed by atoms with Crippen molar-refractivity contribution in [3.63, 3.8) is 0 Å². The molecule has 0 aromatic heterocycles. The van der Waals surface area contributed by atoms with Gasteiger partial charge in [0.25, 0.3) is 39.8 Å². The Hall–Kier alpha value is -12.8. The minimum absolute atomic E-state index is 0.00809. The number of nitro benzene ring substituents is 7. The third-order valence-corrected chi connectivity index (χ3v) is 16.5. The minimum atomic E-state index is -0.872. The topological polar surface area (TPSA) is 482 Å². The second kappa shape index (κ2) is 32.7. The van der Waals surface area contributed by atoms with E-state index in [0.717, 1.165) is 119 Å². The Morgan fingerprint density at radius 1 is 0.280 bits per heavy atom. The van der Waals surface area contributed by atoms with Crippen LogP contribution in [0.1, 0.15) is 128 Å². The molecule has 100 heavy (non-hydrogen) atoms. The molecule has 0 saturated carbocycles. The minimum Gasteiger partial charge on any atom is -0.507 e. The van der Waals surface area contributed by atoms with E-state index in [1.54, 1.807) is 6.07 Å². The quantitative estimate of drug-likeness (QED) is 0.0421. The van der Waals surface area contributed by atoms with Gasteiger partial charge in [0, 0.05) is 101 Å². The highest BCUT2D eigenvalue weighted by Gasteiger charge is 2.24. The lowest BCUT2D eigenvalue weighted by molar-refractivity contribution is -0.394. The summed E-state index contributed by atoms with van der Waals surface area (Å²) in [5.74, 6) is -0.915. The van der Waals surface area contributed by atoms with Crippen molar-refractivity contribution in [2.45, 2.75) is 116 Å². The molecule has 0 amide bonds. The molecule has 0 radical (unpaired) electrons. The number of hydrogen-bond donors (Lipinski definition) is 4. The molecule has 514 valence electrons. The molecular weight excluding hydrogens is 1300 g/mol. The van der Waals surface area contributed by atoms with Gasteiger partial charge in [-0.1, -0.05) is 77.2 Å². The maximum atomic E-state index is 12.6. The van der Waals surface area contributed by atoms with Crippen molar-refractivity contribution in [3.05, 3.63) is 243 Å². The summed E-state index contributed by atoms with van der Waals surface area (Å²) in [7, 11) is 0. The molecule has 1 unspecified atom stereocenters. The van der Waals surface area contributed by atoms with Gasteiger partial charge in [-0.2, -0.15) is 40.9 Å². The summed E-state index contributed by atoms with van der Waals surface area (Å²) in [5, 5.41) is 166. The van der Waals surface area contributed by atoms with Crippen LogP contribution >= 0.6 is 0 Å². The number of aromatic hydroxyl groups is 4. The average Bonchev–Trinajstić information content (AvgIpc) is 0.871. The summed E-state index contributed by atoms with van der Waals surface area (Å²) in [6.45, 7) is 2.22. The second-order valence-corrected chi connectivity index (χ2v) is 23.9. The maximum absolute atomic E-state index is 12.6. The Kier molecular flexibility index (Phi) is 23.4. The zero-order valence-electron chi connectivity index (χ0n) is 53.4. The summed E-state index contributed by atoms with van der Waals surface area (Å²) in [5.41, 5.74) is -3.96. The lowest BCUT2D eigenvalue weighted by Crippen LogP contribution is -2.00. The van der Waals surface area contributed by atoms with E-state index >= 15 is 0 Å². The monoisotopic (exact) mass is 1370 g/mol. The summed E-state index contributed by atoms with van der Waals surface area (Å²) in [6, 6.07) is 24.6. The SMILES string of the molecule is CC1CCCCCCCCc2cc(N=Nc3cccc([N+](=O)[O-])c3)cc(c2O)Cc2cc(N=Nc3cc([N+](=O)[O-])cc([N+](=O)[O-])c3)cc(c2O)Cc2cc(N=Nc3cc([N+](=O)[O-])cc([N+](=O)[O-])c3)cc(c2O)Cc2cc(N=Nc3cc([N+](=O)[O-])cc([N+](=O)[O-])c3)cc(c2O)CCCCCC1. The fraction of sp³-hybridized carbons (Fsp3) is 0.284. The number of fused-ring (bicyclic) bond motifs is 8. The van der Waals surface area contributed by atoms with Gasteiger partial charge in [-0.05, 0) is 97.3 Å². The molecule has 0 heterocycles. The standard InChI is InChI=1S/C67H63N15O18/c1-40-13-8-4-2-3-5-10-15-41-22-50(69-68-49-17-12-18-57(30-49)76(87)88)24-43(64(41)83)19-45-26-52(71-74-55-33-60(79(93)94)38-61(34-55)80(95)96)28-47(66(45)85)21-48-29-53(72-75-56-35-62(81(97)98)39-63(36-56)82(99)100)27-46(67(48)86)20-44-25-51(23-42(65(44)84)16-11-7-6-9-14-40)70-73-54-31-58(77(89)90)37-59(32-54)78(91)92/h12,17-18,22-40,83-86H,2-11,13-16,19-21H2,1H3. The summed E-state index contributed by atoms with van der Waals surface area (Å²) in [4.78, 5) is 77.3. The van der Waals surface area contributed by atoms with Crippen LogP contribution < -0.4 is 0 Å². The Labute approximate surface area is 566 Å². The van der Waals surface area contributed by atoms with Crippen LogP contribution in [0, 0.1) is 76.7 Å². The van der Waals surface area contributed by atoms with Crippen LogP contribution in [0.25, 0.3) is 0 Å². The molecule has 1 aliphatic rings. The lowest BCUT2D eigenvalue weighted by atomic mass is 9.92. The summed E-state index contributed by atoms with van der Waals surface area (Å²) >= 11 is 0. The normalized spacial score (nSPS) is 14.6. The first-order chi connectivity index (χ1) is 47.8. The molecule has 0 spiro atoms. The van der Waals surface area contributed by atoms with Crippen molar-refractivity contribution in [2.75, 3.05) is 0 Å². The van der Waals surface area contributed by atoms with E-state index in [0.29, 0.717) is 42.7 Å². The van der Waals surface area contributed by atoms with Crippen LogP contribution in [0.15, 0.2) is 168 Å². The van der Waals surface area contributed by atoms with Gasteiger partial charge in [0.2, 0.25) is 0 Å². The molecule has 0 fully saturated rings. The van der Waals surface area contributed by atoms with E-state index in [-0.39, 0.29) is 109 Å². The van der Waals surface area contributed by atoms with Crippen molar-refractivity contribution in [3.8, 4) is 23.0 Å². The van der Waals surface area contributed by atoms with Gasteiger partial charge < -0.3 is 20.4 Å². The zero-order chi connectivity index (χ0) is 71.7. The van der Waals surface area contributed by atoms with Crippen LogP contribution in [-0.4, -0.2) is 54.9 Å². The van der Waals surface area contributed by atoms with Crippen molar-refractivity contribution in [1.29, 1.82) is 0 Å². The molecule has 4 N–H and O–H groups in total. The predicted octanol–water partition coefficient (Wildman–Crippen LogP) is 19.7. The van der Waals surface area contributed by atoms with Crippen LogP contribution in [0.3, 0.4) is 0 Å². The molecule has 0 aliphatic heterocycles. The van der Waals surface area contributed by atoms with E-state index in [4.69, 9.17) is 0 Å². The van der Waals surface area contributed by atoms with Crippen molar-refractivity contribution >= 4 is 85.3 Å². The Morgan fingerprint density at radius 2 is 0.500 bits per heavy atom. The van der Waals surface area contributed by atoms with Gasteiger partial charge in [0.15, 0.2) is 0 Å². The largest absolute Gasteiger partial charge is 0.507 e. The molecule has 1 aliphatic carbocycles. The number of phenols is 4. The highest BCUT2D eigenvalue weighted by molar-refractivity contribution is 5.64. The van der Waals surface area contributed by atoms with Gasteiger partial charge in [-0.15, -0.1) is 0 Å². The Balaban J connectivity index is 1.23. The van der Waals surface area contributed by atoms with E-state index in [1.165, 1.54) is 66.7 Å². The van der Waals surface area contributed by atoms with Crippen molar-refractivity contribution in [1.82, 2.24) is 0 Å². The van der Waals surface area contributed by atoms with Crippen LogP contribution in [0.5, 0.6) is 23.0 Å². The summed E-state index contributed by atoms with van der Waals surface area (Å²) in [6.07, 6.45) is 10.1. The molecule has 33 heteroatoms. The fourth-order valence-electron chi connectivity index (χ4n) is 11.5. The number of nitro groups is 7. The fourth-order valence-corrected chi connectivity index (χ4v) is 11.5.